The van der Waals surface area contributed by atoms with Crippen LogP contribution in [-0.2, 0) is 6.54 Å². The quantitative estimate of drug-likeness (QED) is 0.405. The van der Waals surface area contributed by atoms with Crippen LogP contribution in [0.4, 0.5) is 5.95 Å². The smallest absolute Gasteiger partial charge is 0.208 e. The SMILES string of the molecule is CC(C)c1[nH]nc2c(=NCc3ccc(Cl)c(O)c3O)nc(N3CCCC3CO)n(C(C)C)c12. The number of nitrogens with zero attached hydrogens (tertiary/aromatic N) is 5. The molecule has 1 fully saturated rings. The number of aromatic nitrogens is 4. The Kier molecular flexibility index (Phi) is 6.54. The van der Waals surface area contributed by atoms with Crippen LogP contribution in [0, 0.1) is 0 Å². The number of aliphatic hydroxyl groups is 1. The van der Waals surface area contributed by atoms with E-state index in [-0.39, 0.29) is 47.7 Å². The van der Waals surface area contributed by atoms with Gasteiger partial charge in [0.1, 0.15) is 0 Å². The number of phenols is 2. The maximum Gasteiger partial charge on any atom is 0.208 e. The van der Waals surface area contributed by atoms with Gasteiger partial charge in [-0.05, 0) is 38.7 Å². The van der Waals surface area contributed by atoms with Crippen molar-refractivity contribution in [2.45, 2.75) is 65.1 Å². The predicted octanol–water partition coefficient (Wildman–Crippen LogP) is 3.59. The van der Waals surface area contributed by atoms with E-state index in [2.05, 4.69) is 52.4 Å². The average Bonchev–Trinajstić information content (AvgIpc) is 3.43. The molecule has 1 aromatic carbocycles. The summed E-state index contributed by atoms with van der Waals surface area (Å²) in [6.07, 6.45) is 1.89. The van der Waals surface area contributed by atoms with Gasteiger partial charge in [-0.25, -0.2) is 0 Å². The minimum Gasteiger partial charge on any atom is -0.504 e. The minimum atomic E-state index is -0.362. The fourth-order valence-corrected chi connectivity index (χ4v) is 4.58. The van der Waals surface area contributed by atoms with Gasteiger partial charge in [0.2, 0.25) is 5.95 Å². The van der Waals surface area contributed by atoms with Crippen molar-refractivity contribution in [3.63, 3.8) is 0 Å². The summed E-state index contributed by atoms with van der Waals surface area (Å²) in [6.45, 7) is 9.39. The van der Waals surface area contributed by atoms with E-state index < -0.39 is 0 Å². The molecule has 1 unspecified atom stereocenters. The lowest BCUT2D eigenvalue weighted by atomic mass is 10.1. The third-order valence-electron chi connectivity index (χ3n) is 6.16. The van der Waals surface area contributed by atoms with Crippen molar-refractivity contribution in [1.29, 1.82) is 0 Å². The van der Waals surface area contributed by atoms with Crippen LogP contribution in [0.25, 0.3) is 11.0 Å². The van der Waals surface area contributed by atoms with Gasteiger partial charge in [-0.1, -0.05) is 31.5 Å². The fourth-order valence-electron chi connectivity index (χ4n) is 4.43. The second kappa shape index (κ2) is 9.23. The summed E-state index contributed by atoms with van der Waals surface area (Å²) in [7, 11) is 0. The van der Waals surface area contributed by atoms with E-state index in [1.807, 2.05) is 0 Å². The Morgan fingerprint density at radius 3 is 2.64 bits per heavy atom. The highest BCUT2D eigenvalue weighted by Gasteiger charge is 2.30. The van der Waals surface area contributed by atoms with Crippen molar-refractivity contribution in [1.82, 2.24) is 19.7 Å². The van der Waals surface area contributed by atoms with Gasteiger partial charge in [0.15, 0.2) is 22.5 Å². The molecule has 178 valence electrons. The molecule has 4 rings (SSSR count). The molecule has 1 aliphatic rings. The average molecular weight is 475 g/mol. The zero-order valence-electron chi connectivity index (χ0n) is 19.4. The molecule has 33 heavy (non-hydrogen) atoms. The van der Waals surface area contributed by atoms with E-state index in [0.29, 0.717) is 16.6 Å². The second-order valence-electron chi connectivity index (χ2n) is 9.08. The van der Waals surface area contributed by atoms with Gasteiger partial charge < -0.3 is 24.8 Å². The lowest BCUT2D eigenvalue weighted by Gasteiger charge is -2.29. The maximum absolute atomic E-state index is 10.3. The standard InChI is InChI=1S/C23H31ClN6O3/c1-12(2)17-19-18(28-27-17)22(25-10-14-7-8-16(24)21(33)20(14)32)26-23(30(19)13(3)4)29-9-5-6-15(29)11-31/h7-8,12-13,15,31-33H,5-6,9-11H2,1-4H3,(H,27,28). The molecule has 2 aromatic heterocycles. The Balaban J connectivity index is 1.96. The summed E-state index contributed by atoms with van der Waals surface area (Å²) >= 11 is 5.89. The second-order valence-corrected chi connectivity index (χ2v) is 9.49. The Bertz CT molecular complexity index is 1230. The van der Waals surface area contributed by atoms with E-state index >= 15 is 0 Å². The highest BCUT2D eigenvalue weighted by Crippen LogP contribution is 2.36. The molecule has 10 heteroatoms. The van der Waals surface area contributed by atoms with Crippen molar-refractivity contribution >= 4 is 28.6 Å². The van der Waals surface area contributed by atoms with Gasteiger partial charge in [0.25, 0.3) is 0 Å². The summed E-state index contributed by atoms with van der Waals surface area (Å²) < 4.78 is 2.17. The van der Waals surface area contributed by atoms with Crippen molar-refractivity contribution in [3.8, 4) is 11.5 Å². The molecule has 3 heterocycles. The van der Waals surface area contributed by atoms with Gasteiger partial charge in [0, 0.05) is 18.2 Å². The predicted molar refractivity (Wildman–Crippen MR) is 128 cm³/mol. The summed E-state index contributed by atoms with van der Waals surface area (Å²) in [5.41, 5.74) is 3.45. The van der Waals surface area contributed by atoms with Crippen LogP contribution in [0.2, 0.25) is 5.02 Å². The normalized spacial score (nSPS) is 17.3. The van der Waals surface area contributed by atoms with Crippen LogP contribution >= 0.6 is 11.6 Å². The number of aliphatic hydroxyl groups excluding tert-OH is 1. The number of rotatable bonds is 6. The van der Waals surface area contributed by atoms with Crippen LogP contribution in [0.15, 0.2) is 17.1 Å². The molecule has 1 aliphatic heterocycles. The first-order valence-corrected chi connectivity index (χ1v) is 11.7. The number of aromatic hydroxyl groups is 2. The molecule has 0 saturated carbocycles. The topological polar surface area (TPSA) is 123 Å². The molecule has 3 aromatic rings. The summed E-state index contributed by atoms with van der Waals surface area (Å²) in [6, 6.07) is 3.26. The molecule has 0 bridgehead atoms. The zero-order valence-corrected chi connectivity index (χ0v) is 20.1. The molecular weight excluding hydrogens is 444 g/mol. The number of fused-ring (bicyclic) bond motifs is 1. The van der Waals surface area contributed by atoms with E-state index in [9.17, 15) is 15.3 Å². The molecule has 4 N–H and O–H groups in total. The zero-order chi connectivity index (χ0) is 23.9. The van der Waals surface area contributed by atoms with Crippen LogP contribution in [0.3, 0.4) is 0 Å². The van der Waals surface area contributed by atoms with Gasteiger partial charge in [-0.2, -0.15) is 10.1 Å². The Morgan fingerprint density at radius 1 is 1.21 bits per heavy atom. The number of benzene rings is 1. The van der Waals surface area contributed by atoms with Gasteiger partial charge in [0.05, 0.1) is 35.4 Å². The summed E-state index contributed by atoms with van der Waals surface area (Å²) in [5, 5.41) is 38.0. The monoisotopic (exact) mass is 474 g/mol. The highest BCUT2D eigenvalue weighted by molar-refractivity contribution is 6.32. The first-order valence-electron chi connectivity index (χ1n) is 11.3. The van der Waals surface area contributed by atoms with E-state index in [4.69, 9.17) is 16.6 Å². The van der Waals surface area contributed by atoms with Gasteiger partial charge in [-0.3, -0.25) is 10.1 Å². The molecule has 1 saturated heterocycles. The first-order chi connectivity index (χ1) is 15.7. The molecule has 0 aliphatic carbocycles. The Morgan fingerprint density at radius 2 is 1.97 bits per heavy atom. The van der Waals surface area contributed by atoms with Crippen LogP contribution in [-0.4, -0.2) is 54.3 Å². The van der Waals surface area contributed by atoms with Crippen LogP contribution in [0.5, 0.6) is 11.5 Å². The Labute approximate surface area is 197 Å². The molecular formula is C23H31ClN6O3. The van der Waals surface area contributed by atoms with E-state index in [1.54, 1.807) is 6.07 Å². The molecule has 1 atom stereocenters. The molecule has 9 nitrogen and oxygen atoms in total. The third-order valence-corrected chi connectivity index (χ3v) is 6.47. The summed E-state index contributed by atoms with van der Waals surface area (Å²) in [4.78, 5) is 11.8. The third kappa shape index (κ3) is 4.15. The highest BCUT2D eigenvalue weighted by atomic mass is 35.5. The molecule has 0 radical (unpaired) electrons. The molecule has 0 spiro atoms. The maximum atomic E-state index is 10.3. The summed E-state index contributed by atoms with van der Waals surface area (Å²) in [5.74, 6) is 0.297. The number of phenolic OH excluding ortho intramolecular Hbond substituents is 2. The minimum absolute atomic E-state index is 0.000502. The number of hydrogen-bond acceptors (Lipinski definition) is 7. The van der Waals surface area contributed by atoms with Gasteiger partial charge in [-0.15, -0.1) is 0 Å². The number of hydrogen-bond donors (Lipinski definition) is 4. The lowest BCUT2D eigenvalue weighted by Crippen LogP contribution is -2.37. The number of halogens is 1. The number of nitrogens with one attached hydrogen (secondary N) is 1. The van der Waals surface area contributed by atoms with Crippen LogP contribution < -0.4 is 10.4 Å². The lowest BCUT2D eigenvalue weighted by molar-refractivity contribution is 0.265. The number of anilines is 1. The fraction of sp³-hybridized carbons (Fsp3) is 0.522. The largest absolute Gasteiger partial charge is 0.504 e. The molecule has 0 amide bonds. The van der Waals surface area contributed by atoms with Crippen molar-refractivity contribution < 1.29 is 15.3 Å². The first kappa shape index (κ1) is 23.4. The van der Waals surface area contributed by atoms with Crippen molar-refractivity contribution in [2.24, 2.45) is 4.99 Å². The van der Waals surface area contributed by atoms with Crippen molar-refractivity contribution in [2.75, 3.05) is 18.1 Å². The number of H-pyrrole nitrogens is 1. The van der Waals surface area contributed by atoms with Crippen LogP contribution in [0.1, 0.15) is 63.8 Å². The van der Waals surface area contributed by atoms with Crippen molar-refractivity contribution in [3.05, 3.63) is 33.9 Å². The van der Waals surface area contributed by atoms with Gasteiger partial charge >= 0.3 is 0 Å². The van der Waals surface area contributed by atoms with E-state index in [1.165, 1.54) is 6.07 Å². The Hall–Kier alpha value is -2.78. The number of aromatic amines is 1. The van der Waals surface area contributed by atoms with E-state index in [0.717, 1.165) is 36.5 Å².